The van der Waals surface area contributed by atoms with Crippen molar-refractivity contribution >= 4 is 77.6 Å². The lowest BCUT2D eigenvalue weighted by atomic mass is 9.74. The van der Waals surface area contributed by atoms with Crippen LogP contribution in [0.15, 0.2) is 179 Å². The van der Waals surface area contributed by atoms with Crippen LogP contribution in [0.5, 0.6) is 0 Å². The molecule has 0 radical (unpaired) electrons. The molecule has 6 aromatic carbocycles. The molecule has 0 aromatic heterocycles. The molecule has 0 spiro atoms. The maximum Gasteiger partial charge on any atom is 0.264 e. The standard InChI is InChI=1S/C55H44N4O8S2/c1-32-29-42-48(50-46(32)40-17-9-11-19-44(40)58(50)68(64,65)38-13-5-3-6-14-38)54(62)56(52(42)60)36-25-21-34(22-26-36)31-35-23-27-37(28-24-35)57-53(61)43-30-33(2)47-41-18-10-12-20-45(41)59(51(47)49(43)55(57)63)69(66,67)39-15-7-4-8-16-39/h3-28,42-43,48-51H,29-31H2,1-2H3/t42-,43-,48-,49-,50+,51+/m0/s1. The number of hydrogen-bond acceptors (Lipinski definition) is 8. The molecule has 4 amide bonds. The number of para-hydroxylation sites is 2. The van der Waals surface area contributed by atoms with Gasteiger partial charge in [-0.15, -0.1) is 0 Å². The van der Waals surface area contributed by atoms with E-state index in [9.17, 15) is 36.0 Å². The maximum atomic E-state index is 14.6. The molecule has 2 saturated heterocycles. The molecule has 12 nitrogen and oxygen atoms in total. The number of rotatable bonds is 8. The van der Waals surface area contributed by atoms with Crippen LogP contribution < -0.4 is 18.4 Å². The van der Waals surface area contributed by atoms with Crippen molar-refractivity contribution in [3.05, 3.63) is 191 Å². The number of carbonyl (C=O) groups excluding carboxylic acids is 4. The first-order chi connectivity index (χ1) is 33.3. The van der Waals surface area contributed by atoms with Gasteiger partial charge in [-0.3, -0.25) is 27.8 Å². The second-order valence-corrected chi connectivity index (χ2v) is 22.4. The van der Waals surface area contributed by atoms with Crippen molar-refractivity contribution in [1.82, 2.24) is 0 Å². The van der Waals surface area contributed by atoms with Gasteiger partial charge in [-0.1, -0.05) is 108 Å². The largest absolute Gasteiger partial charge is 0.274 e. The molecule has 344 valence electrons. The Labute approximate surface area is 399 Å². The summed E-state index contributed by atoms with van der Waals surface area (Å²) < 4.78 is 60.5. The van der Waals surface area contributed by atoms with E-state index in [1.54, 1.807) is 84.9 Å². The van der Waals surface area contributed by atoms with E-state index in [4.69, 9.17) is 0 Å². The Morgan fingerprint density at radius 1 is 0.435 bits per heavy atom. The van der Waals surface area contributed by atoms with Gasteiger partial charge in [0.25, 0.3) is 20.0 Å². The zero-order valence-electron chi connectivity index (χ0n) is 37.5. The van der Waals surface area contributed by atoms with E-state index in [2.05, 4.69) is 0 Å². The van der Waals surface area contributed by atoms with Gasteiger partial charge in [0.05, 0.1) is 68.3 Å². The van der Waals surface area contributed by atoms with Crippen molar-refractivity contribution in [3.63, 3.8) is 0 Å². The Bertz CT molecular complexity index is 3270. The summed E-state index contributed by atoms with van der Waals surface area (Å²) in [5, 5.41) is 0. The number of imide groups is 2. The lowest BCUT2D eigenvalue weighted by Gasteiger charge is -2.36. The Morgan fingerprint density at radius 2 is 0.783 bits per heavy atom. The highest BCUT2D eigenvalue weighted by atomic mass is 32.2. The van der Waals surface area contributed by atoms with E-state index in [1.807, 2.05) is 62.4 Å². The predicted molar refractivity (Wildman–Crippen MR) is 262 cm³/mol. The molecule has 0 N–H and O–H groups in total. The van der Waals surface area contributed by atoms with Gasteiger partial charge in [0.2, 0.25) is 23.6 Å². The molecule has 14 heteroatoms. The maximum absolute atomic E-state index is 14.6. The monoisotopic (exact) mass is 952 g/mol. The smallest absolute Gasteiger partial charge is 0.264 e. The van der Waals surface area contributed by atoms with Gasteiger partial charge in [-0.25, -0.2) is 26.6 Å². The van der Waals surface area contributed by atoms with Gasteiger partial charge in [-0.2, -0.15) is 0 Å². The lowest BCUT2D eigenvalue weighted by Crippen LogP contribution is -2.48. The molecular formula is C55H44N4O8S2. The Morgan fingerprint density at radius 3 is 1.16 bits per heavy atom. The number of nitrogens with zero attached hydrogens (tertiary/aromatic N) is 4. The number of hydrogen-bond donors (Lipinski definition) is 0. The van der Waals surface area contributed by atoms with Crippen LogP contribution in [-0.4, -0.2) is 52.5 Å². The third-order valence-corrected chi connectivity index (χ3v) is 18.6. The fraction of sp³-hybridized carbons (Fsp3) is 0.200. The zero-order chi connectivity index (χ0) is 47.7. The minimum absolute atomic E-state index is 0.0999. The van der Waals surface area contributed by atoms with Crippen LogP contribution in [0.1, 0.15) is 48.9 Å². The van der Waals surface area contributed by atoms with Crippen LogP contribution in [0.4, 0.5) is 22.7 Å². The first-order valence-corrected chi connectivity index (χ1v) is 25.9. The first-order valence-electron chi connectivity index (χ1n) is 23.0. The number of carbonyl (C=O) groups is 4. The number of fused-ring (bicyclic) bond motifs is 10. The quantitative estimate of drug-likeness (QED) is 0.138. The molecule has 6 atom stereocenters. The average molecular weight is 953 g/mol. The lowest BCUT2D eigenvalue weighted by molar-refractivity contribution is -0.124. The third kappa shape index (κ3) is 6.24. The minimum atomic E-state index is -4.13. The molecule has 0 unspecified atom stereocenters. The van der Waals surface area contributed by atoms with Crippen molar-refractivity contribution < 1.29 is 36.0 Å². The molecule has 12 rings (SSSR count). The SMILES string of the molecule is CC1=C2c3ccccc3N(S(=O)(=O)c3ccccc3)[C@H]2[C@H]2C(=O)N(c3ccc(Cc4ccc(N5C(=O)[C@H]6[C@H](CC(C)=C7c8ccccc8N(S(=O)(=O)c8ccccc8)[C@H]76)C5=O)cc4)cc3)C(=O)[C@H]2C1. The fourth-order valence-electron chi connectivity index (χ4n) is 12.0. The number of sulfonamides is 2. The summed E-state index contributed by atoms with van der Waals surface area (Å²) in [5.74, 6) is -4.98. The van der Waals surface area contributed by atoms with Crippen molar-refractivity contribution in [2.45, 2.75) is 55.0 Å². The summed E-state index contributed by atoms with van der Waals surface area (Å²) in [4.78, 5) is 60.5. The number of allylic oxidation sites excluding steroid dienone is 2. The van der Waals surface area contributed by atoms with Crippen molar-refractivity contribution in [2.75, 3.05) is 18.4 Å². The highest BCUT2D eigenvalue weighted by Gasteiger charge is 2.62. The summed E-state index contributed by atoms with van der Waals surface area (Å²) >= 11 is 0. The highest BCUT2D eigenvalue weighted by molar-refractivity contribution is 7.93. The normalized spacial score (nSPS) is 23.9. The second kappa shape index (κ2) is 15.6. The van der Waals surface area contributed by atoms with E-state index in [1.165, 1.54) is 42.7 Å². The molecule has 2 fully saturated rings. The summed E-state index contributed by atoms with van der Waals surface area (Å²) in [6.07, 6.45) is 1.12. The van der Waals surface area contributed by atoms with Gasteiger partial charge in [0.15, 0.2) is 0 Å². The summed E-state index contributed by atoms with van der Waals surface area (Å²) in [7, 11) is -8.27. The molecule has 0 bridgehead atoms. The molecule has 4 heterocycles. The summed E-state index contributed by atoms with van der Waals surface area (Å²) in [5.41, 5.74) is 8.31. The Balaban J connectivity index is 0.788. The van der Waals surface area contributed by atoms with Gasteiger partial charge >= 0.3 is 0 Å². The fourth-order valence-corrected chi connectivity index (χ4v) is 15.4. The molecule has 6 aromatic rings. The van der Waals surface area contributed by atoms with Crippen LogP contribution in [0.2, 0.25) is 0 Å². The van der Waals surface area contributed by atoms with Crippen molar-refractivity contribution in [1.29, 1.82) is 0 Å². The van der Waals surface area contributed by atoms with Crippen LogP contribution in [0, 0.1) is 23.7 Å². The molecule has 6 aliphatic rings. The molecule has 4 aliphatic heterocycles. The molecule has 0 saturated carbocycles. The Hall–Kier alpha value is -7.42. The van der Waals surface area contributed by atoms with E-state index in [0.717, 1.165) is 44.5 Å². The van der Waals surface area contributed by atoms with Crippen LogP contribution >= 0.6 is 0 Å². The first kappa shape index (κ1) is 42.9. The second-order valence-electron chi connectivity index (χ2n) is 18.7. The van der Waals surface area contributed by atoms with E-state index in [0.29, 0.717) is 42.0 Å². The van der Waals surface area contributed by atoms with Crippen molar-refractivity contribution in [2.24, 2.45) is 23.7 Å². The third-order valence-electron chi connectivity index (χ3n) is 15.0. The van der Waals surface area contributed by atoms with Crippen LogP contribution in [0.25, 0.3) is 11.1 Å². The number of benzene rings is 6. The van der Waals surface area contributed by atoms with E-state index < -0.39 is 67.6 Å². The van der Waals surface area contributed by atoms with Crippen molar-refractivity contribution in [3.8, 4) is 0 Å². The zero-order valence-corrected chi connectivity index (χ0v) is 39.1. The predicted octanol–water partition coefficient (Wildman–Crippen LogP) is 8.40. The molecule has 69 heavy (non-hydrogen) atoms. The average Bonchev–Trinajstić information content (AvgIpc) is 4.05. The topological polar surface area (TPSA) is 150 Å². The van der Waals surface area contributed by atoms with E-state index in [-0.39, 0.29) is 21.6 Å². The number of amides is 4. The van der Waals surface area contributed by atoms with Gasteiger partial charge in [-0.05, 0) is 116 Å². The Kier molecular flexibility index (Phi) is 9.67. The van der Waals surface area contributed by atoms with Gasteiger partial charge in [0, 0.05) is 11.1 Å². The number of anilines is 4. The van der Waals surface area contributed by atoms with Crippen LogP contribution in [0.3, 0.4) is 0 Å². The highest BCUT2D eigenvalue weighted by Crippen LogP contribution is 2.57. The van der Waals surface area contributed by atoms with Gasteiger partial charge < -0.3 is 0 Å². The van der Waals surface area contributed by atoms with E-state index >= 15 is 0 Å². The summed E-state index contributed by atoms with van der Waals surface area (Å²) in [6, 6.07) is 43.4. The summed E-state index contributed by atoms with van der Waals surface area (Å²) in [6.45, 7) is 3.83. The minimum Gasteiger partial charge on any atom is -0.274 e. The van der Waals surface area contributed by atoms with Crippen LogP contribution in [-0.2, 0) is 45.6 Å². The van der Waals surface area contributed by atoms with Gasteiger partial charge in [0.1, 0.15) is 0 Å². The molecular weight excluding hydrogens is 909 g/mol. The molecule has 2 aliphatic carbocycles.